The van der Waals surface area contributed by atoms with E-state index in [9.17, 15) is 4.79 Å². The summed E-state index contributed by atoms with van der Waals surface area (Å²) in [7, 11) is 0. The van der Waals surface area contributed by atoms with Crippen molar-refractivity contribution in [1.82, 2.24) is 0 Å². The largest absolute Gasteiger partial charge is 0.289 e. The standard InChI is InChI=1S/C29H20O/c30-29(23-11-2-1-3-12-23)20-18-22-10-5-7-14-25(22)27-16-8-15-26-24-13-6-4-9-21(24)17-19-28(26)27/h1-20H. The van der Waals surface area contributed by atoms with E-state index in [0.717, 1.165) is 11.1 Å². The first-order valence-electron chi connectivity index (χ1n) is 10.1. The molecule has 5 rings (SSSR count). The first kappa shape index (κ1) is 18.1. The van der Waals surface area contributed by atoms with Crippen LogP contribution in [0.1, 0.15) is 15.9 Å². The Labute approximate surface area is 175 Å². The van der Waals surface area contributed by atoms with Crippen LogP contribution in [-0.2, 0) is 0 Å². The molecule has 5 aromatic rings. The highest BCUT2D eigenvalue weighted by molar-refractivity contribution is 6.13. The molecule has 0 fully saturated rings. The van der Waals surface area contributed by atoms with Crippen molar-refractivity contribution in [2.24, 2.45) is 0 Å². The van der Waals surface area contributed by atoms with Gasteiger partial charge in [0.05, 0.1) is 0 Å². The van der Waals surface area contributed by atoms with Crippen LogP contribution in [0.2, 0.25) is 0 Å². The molecule has 0 amide bonds. The molecule has 5 aromatic carbocycles. The molecule has 0 aliphatic carbocycles. The second-order valence-electron chi connectivity index (χ2n) is 7.34. The van der Waals surface area contributed by atoms with Crippen LogP contribution in [0.5, 0.6) is 0 Å². The maximum absolute atomic E-state index is 12.5. The highest BCUT2D eigenvalue weighted by Crippen LogP contribution is 2.35. The Balaban J connectivity index is 1.62. The molecule has 1 heteroatoms. The highest BCUT2D eigenvalue weighted by atomic mass is 16.1. The van der Waals surface area contributed by atoms with E-state index in [1.165, 1.54) is 27.1 Å². The van der Waals surface area contributed by atoms with Gasteiger partial charge in [-0.25, -0.2) is 0 Å². The topological polar surface area (TPSA) is 17.1 Å². The maximum atomic E-state index is 12.5. The molecule has 0 spiro atoms. The summed E-state index contributed by atoms with van der Waals surface area (Å²) in [5, 5.41) is 4.95. The molecule has 142 valence electrons. The minimum Gasteiger partial charge on any atom is -0.289 e. The Bertz CT molecular complexity index is 1390. The third-order valence-corrected chi connectivity index (χ3v) is 5.51. The van der Waals surface area contributed by atoms with Gasteiger partial charge in [-0.05, 0) is 44.3 Å². The number of carbonyl (C=O) groups excluding carboxylic acids is 1. The number of benzene rings is 5. The van der Waals surface area contributed by atoms with Gasteiger partial charge < -0.3 is 0 Å². The van der Waals surface area contributed by atoms with Crippen LogP contribution in [0.4, 0.5) is 0 Å². The van der Waals surface area contributed by atoms with Gasteiger partial charge in [0.25, 0.3) is 0 Å². The van der Waals surface area contributed by atoms with E-state index >= 15 is 0 Å². The van der Waals surface area contributed by atoms with Crippen molar-refractivity contribution in [3.63, 3.8) is 0 Å². The summed E-state index contributed by atoms with van der Waals surface area (Å²) in [6, 6.07) is 36.9. The van der Waals surface area contributed by atoms with Crippen molar-refractivity contribution in [3.05, 3.63) is 126 Å². The van der Waals surface area contributed by atoms with E-state index in [-0.39, 0.29) is 5.78 Å². The molecule has 0 bridgehead atoms. The number of hydrogen-bond donors (Lipinski definition) is 0. The molecule has 0 saturated heterocycles. The maximum Gasteiger partial charge on any atom is 0.185 e. The van der Waals surface area contributed by atoms with Crippen LogP contribution in [0.15, 0.2) is 115 Å². The molecule has 0 saturated carbocycles. The van der Waals surface area contributed by atoms with Crippen molar-refractivity contribution >= 4 is 33.4 Å². The van der Waals surface area contributed by atoms with Crippen LogP contribution >= 0.6 is 0 Å². The molecular weight excluding hydrogens is 364 g/mol. The fourth-order valence-corrected chi connectivity index (χ4v) is 4.03. The Morgan fingerprint density at radius 2 is 1.23 bits per heavy atom. The lowest BCUT2D eigenvalue weighted by Gasteiger charge is -2.12. The zero-order chi connectivity index (χ0) is 20.3. The third kappa shape index (κ3) is 3.31. The number of fused-ring (bicyclic) bond motifs is 3. The quantitative estimate of drug-likeness (QED) is 0.177. The molecule has 0 aliphatic rings. The summed E-state index contributed by atoms with van der Waals surface area (Å²) < 4.78 is 0. The minimum absolute atomic E-state index is 0.00863. The number of rotatable bonds is 4. The molecular formula is C29H20O. The lowest BCUT2D eigenvalue weighted by Crippen LogP contribution is -1.93. The molecule has 0 atom stereocenters. The molecule has 1 nitrogen and oxygen atoms in total. The predicted octanol–water partition coefficient (Wildman–Crippen LogP) is 7.56. The Hall–Kier alpha value is -3.97. The molecule has 0 radical (unpaired) electrons. The van der Waals surface area contributed by atoms with Crippen molar-refractivity contribution in [2.75, 3.05) is 0 Å². The first-order chi connectivity index (χ1) is 14.8. The van der Waals surface area contributed by atoms with Crippen molar-refractivity contribution < 1.29 is 4.79 Å². The van der Waals surface area contributed by atoms with Gasteiger partial charge in [0.2, 0.25) is 0 Å². The van der Waals surface area contributed by atoms with Crippen LogP contribution < -0.4 is 0 Å². The van der Waals surface area contributed by atoms with Gasteiger partial charge in [-0.1, -0.05) is 115 Å². The third-order valence-electron chi connectivity index (χ3n) is 5.51. The number of carbonyl (C=O) groups is 1. The second kappa shape index (κ2) is 7.81. The summed E-state index contributed by atoms with van der Waals surface area (Å²) in [5.74, 6) is 0.00863. The lowest BCUT2D eigenvalue weighted by molar-refractivity contribution is 0.104. The summed E-state index contributed by atoms with van der Waals surface area (Å²) in [6.45, 7) is 0. The number of hydrogen-bond acceptors (Lipinski definition) is 1. The van der Waals surface area contributed by atoms with E-state index in [1.54, 1.807) is 6.08 Å². The Morgan fingerprint density at radius 3 is 2.13 bits per heavy atom. The van der Waals surface area contributed by atoms with Gasteiger partial charge in [-0.2, -0.15) is 0 Å². The molecule has 0 aliphatic heterocycles. The SMILES string of the molecule is O=C(C=Cc1ccccc1-c1cccc2c1ccc1ccccc12)c1ccccc1. The fraction of sp³-hybridized carbons (Fsp3) is 0. The van der Waals surface area contributed by atoms with Crippen molar-refractivity contribution in [3.8, 4) is 11.1 Å². The van der Waals surface area contributed by atoms with Gasteiger partial charge in [-0.15, -0.1) is 0 Å². The van der Waals surface area contributed by atoms with E-state index in [2.05, 4.69) is 66.7 Å². The Morgan fingerprint density at radius 1 is 0.533 bits per heavy atom. The zero-order valence-electron chi connectivity index (χ0n) is 16.5. The fourth-order valence-electron chi connectivity index (χ4n) is 4.03. The normalized spacial score (nSPS) is 11.3. The smallest absolute Gasteiger partial charge is 0.185 e. The van der Waals surface area contributed by atoms with E-state index < -0.39 is 0 Å². The van der Waals surface area contributed by atoms with Crippen LogP contribution in [-0.4, -0.2) is 5.78 Å². The summed E-state index contributed by atoms with van der Waals surface area (Å²) in [5.41, 5.74) is 4.02. The van der Waals surface area contributed by atoms with Gasteiger partial charge in [-0.3, -0.25) is 4.79 Å². The Kier molecular flexibility index (Phi) is 4.71. The van der Waals surface area contributed by atoms with Crippen LogP contribution in [0.3, 0.4) is 0 Å². The molecule has 0 heterocycles. The highest BCUT2D eigenvalue weighted by Gasteiger charge is 2.09. The molecule has 0 N–H and O–H groups in total. The van der Waals surface area contributed by atoms with E-state index in [4.69, 9.17) is 0 Å². The van der Waals surface area contributed by atoms with E-state index in [0.29, 0.717) is 5.56 Å². The van der Waals surface area contributed by atoms with Gasteiger partial charge in [0, 0.05) is 5.56 Å². The lowest BCUT2D eigenvalue weighted by atomic mass is 9.92. The van der Waals surface area contributed by atoms with Gasteiger partial charge >= 0.3 is 0 Å². The van der Waals surface area contributed by atoms with E-state index in [1.807, 2.05) is 48.5 Å². The summed E-state index contributed by atoms with van der Waals surface area (Å²) in [4.78, 5) is 12.5. The molecule has 0 aromatic heterocycles. The summed E-state index contributed by atoms with van der Waals surface area (Å²) in [6.07, 6.45) is 3.58. The van der Waals surface area contributed by atoms with Crippen LogP contribution in [0.25, 0.3) is 38.7 Å². The zero-order valence-corrected chi connectivity index (χ0v) is 16.5. The minimum atomic E-state index is 0.00863. The molecule has 0 unspecified atom stereocenters. The number of allylic oxidation sites excluding steroid dienone is 1. The second-order valence-corrected chi connectivity index (χ2v) is 7.34. The average molecular weight is 384 g/mol. The van der Waals surface area contributed by atoms with Gasteiger partial charge in [0.1, 0.15) is 0 Å². The first-order valence-corrected chi connectivity index (χ1v) is 10.1. The number of ketones is 1. The van der Waals surface area contributed by atoms with Crippen molar-refractivity contribution in [1.29, 1.82) is 0 Å². The molecule has 30 heavy (non-hydrogen) atoms. The summed E-state index contributed by atoms with van der Waals surface area (Å²) >= 11 is 0. The monoisotopic (exact) mass is 384 g/mol. The van der Waals surface area contributed by atoms with Crippen molar-refractivity contribution in [2.45, 2.75) is 0 Å². The van der Waals surface area contributed by atoms with Gasteiger partial charge in [0.15, 0.2) is 5.78 Å². The average Bonchev–Trinajstić information content (AvgIpc) is 2.83. The predicted molar refractivity (Wildman–Crippen MR) is 127 cm³/mol. The van der Waals surface area contributed by atoms with Crippen LogP contribution in [0, 0.1) is 0 Å².